The van der Waals surface area contributed by atoms with E-state index in [2.05, 4.69) is 28.9 Å². The van der Waals surface area contributed by atoms with E-state index in [1.165, 1.54) is 12.1 Å². The number of nitrogens with zero attached hydrogens (tertiary/aromatic N) is 2. The molecular formula is C27H33N5O3S. The molecule has 9 heteroatoms. The summed E-state index contributed by atoms with van der Waals surface area (Å²) in [6.45, 7) is 8.66. The monoisotopic (exact) mass is 507 g/mol. The molecule has 36 heavy (non-hydrogen) atoms. The van der Waals surface area contributed by atoms with Crippen molar-refractivity contribution in [3.05, 3.63) is 115 Å². The number of hydrogen-bond acceptors (Lipinski definition) is 5. The van der Waals surface area contributed by atoms with Crippen molar-refractivity contribution >= 4 is 21.5 Å². The first-order valence-corrected chi connectivity index (χ1v) is 12.8. The third kappa shape index (κ3) is 10.2. The Balaban J connectivity index is 0.000000281. The van der Waals surface area contributed by atoms with Crippen LogP contribution in [0.25, 0.3) is 5.57 Å². The van der Waals surface area contributed by atoms with E-state index in [9.17, 15) is 13.2 Å². The molecule has 0 atom stereocenters. The van der Waals surface area contributed by atoms with Crippen LogP contribution in [0.4, 0.5) is 0 Å². The van der Waals surface area contributed by atoms with Crippen molar-refractivity contribution < 1.29 is 13.2 Å². The van der Waals surface area contributed by atoms with E-state index in [1.54, 1.807) is 29.1 Å². The number of sulfonamides is 1. The van der Waals surface area contributed by atoms with E-state index in [1.807, 2.05) is 56.7 Å². The van der Waals surface area contributed by atoms with Gasteiger partial charge in [0.2, 0.25) is 15.9 Å². The van der Waals surface area contributed by atoms with Crippen molar-refractivity contribution in [2.45, 2.75) is 17.7 Å². The minimum atomic E-state index is -3.56. The highest BCUT2D eigenvalue weighted by molar-refractivity contribution is 7.89. The molecule has 2 aromatic carbocycles. The van der Waals surface area contributed by atoms with E-state index in [0.29, 0.717) is 12.1 Å². The molecule has 1 aromatic heterocycles. The van der Waals surface area contributed by atoms with E-state index >= 15 is 0 Å². The van der Waals surface area contributed by atoms with Gasteiger partial charge in [0, 0.05) is 24.5 Å². The second kappa shape index (κ2) is 13.9. The minimum absolute atomic E-state index is 0.0900. The SMILES string of the molecule is C=C(/C=C\C(=C)c1cnn(C)c1)NC(=O)Cc1ccccc1.CNCCc1ccc(S(N)(=O)=O)cc1. The van der Waals surface area contributed by atoms with Crippen LogP contribution in [-0.4, -0.2) is 37.7 Å². The lowest BCUT2D eigenvalue weighted by Crippen LogP contribution is -2.23. The summed E-state index contributed by atoms with van der Waals surface area (Å²) >= 11 is 0. The molecule has 1 heterocycles. The Morgan fingerprint density at radius 3 is 2.28 bits per heavy atom. The number of aryl methyl sites for hydroxylation is 1. The summed E-state index contributed by atoms with van der Waals surface area (Å²) in [6, 6.07) is 16.2. The van der Waals surface area contributed by atoms with Crippen molar-refractivity contribution in [1.82, 2.24) is 20.4 Å². The molecule has 0 unspecified atom stereocenters. The molecule has 3 rings (SSSR count). The van der Waals surface area contributed by atoms with E-state index in [0.717, 1.165) is 35.2 Å². The number of amides is 1. The average Bonchev–Trinajstić information content (AvgIpc) is 3.28. The van der Waals surface area contributed by atoms with Crippen molar-refractivity contribution in [1.29, 1.82) is 0 Å². The molecule has 0 spiro atoms. The van der Waals surface area contributed by atoms with Crippen molar-refractivity contribution in [2.75, 3.05) is 13.6 Å². The van der Waals surface area contributed by atoms with Gasteiger partial charge in [-0.2, -0.15) is 5.10 Å². The van der Waals surface area contributed by atoms with Gasteiger partial charge in [0.15, 0.2) is 0 Å². The molecule has 0 aliphatic heterocycles. The van der Waals surface area contributed by atoms with Gasteiger partial charge in [0.1, 0.15) is 0 Å². The molecule has 4 N–H and O–H groups in total. The van der Waals surface area contributed by atoms with Gasteiger partial charge in [-0.25, -0.2) is 13.6 Å². The van der Waals surface area contributed by atoms with Gasteiger partial charge in [-0.1, -0.05) is 61.7 Å². The first-order valence-electron chi connectivity index (χ1n) is 11.2. The van der Waals surface area contributed by atoms with Crippen LogP contribution < -0.4 is 15.8 Å². The number of primary sulfonamides is 1. The van der Waals surface area contributed by atoms with Crippen LogP contribution in [0.3, 0.4) is 0 Å². The zero-order valence-electron chi connectivity index (χ0n) is 20.6. The highest BCUT2D eigenvalue weighted by atomic mass is 32.2. The molecule has 190 valence electrons. The Bertz CT molecular complexity index is 1290. The molecule has 0 aliphatic rings. The van der Waals surface area contributed by atoms with Crippen LogP contribution in [-0.2, 0) is 34.7 Å². The number of carbonyl (C=O) groups is 1. The van der Waals surface area contributed by atoms with Gasteiger partial charge in [-0.05, 0) is 54.9 Å². The van der Waals surface area contributed by atoms with E-state index in [4.69, 9.17) is 5.14 Å². The van der Waals surface area contributed by atoms with Gasteiger partial charge in [0.05, 0.1) is 17.5 Å². The molecule has 0 aliphatic carbocycles. The molecule has 1 amide bonds. The normalized spacial score (nSPS) is 11.0. The maximum atomic E-state index is 11.9. The van der Waals surface area contributed by atoms with E-state index in [-0.39, 0.29) is 10.8 Å². The lowest BCUT2D eigenvalue weighted by Gasteiger charge is -2.05. The minimum Gasteiger partial charge on any atom is -0.326 e. The third-order valence-electron chi connectivity index (χ3n) is 4.98. The standard InChI is InChI=1S/C18H19N3O.C9H14N2O2S/c1-14(17-12-19-21(3)13-17)9-10-15(2)20-18(22)11-16-7-5-4-6-8-16;1-11-7-6-8-2-4-9(5-3-8)14(10,12)13/h4-10,12-13H,1-2,11H2,3H3,(H,20,22);2-5,11H,6-7H2,1H3,(H2,10,12,13)/b10-9-;. The van der Waals surface area contributed by atoms with Gasteiger partial charge >= 0.3 is 0 Å². The number of nitrogens with one attached hydrogen (secondary N) is 2. The molecule has 0 fully saturated rings. The maximum absolute atomic E-state index is 11.9. The van der Waals surface area contributed by atoms with Crippen LogP contribution in [0.5, 0.6) is 0 Å². The lowest BCUT2D eigenvalue weighted by atomic mass is 10.1. The molecule has 0 bridgehead atoms. The first-order chi connectivity index (χ1) is 17.1. The van der Waals surface area contributed by atoms with Gasteiger partial charge in [-0.15, -0.1) is 0 Å². The fourth-order valence-corrected chi connectivity index (χ4v) is 3.56. The second-order valence-electron chi connectivity index (χ2n) is 8.04. The van der Waals surface area contributed by atoms with Gasteiger partial charge in [0.25, 0.3) is 0 Å². The lowest BCUT2D eigenvalue weighted by molar-refractivity contribution is -0.119. The number of nitrogens with two attached hydrogens (primary N) is 1. The predicted molar refractivity (Wildman–Crippen MR) is 144 cm³/mol. The fourth-order valence-electron chi connectivity index (χ4n) is 3.05. The summed E-state index contributed by atoms with van der Waals surface area (Å²) in [6.07, 6.45) is 8.37. The molecule has 8 nitrogen and oxygen atoms in total. The Morgan fingerprint density at radius 1 is 1.06 bits per heavy atom. The highest BCUT2D eigenvalue weighted by Crippen LogP contribution is 2.12. The molecule has 0 saturated heterocycles. The molecule has 0 radical (unpaired) electrons. The van der Waals surface area contributed by atoms with Crippen LogP contribution in [0, 0.1) is 0 Å². The van der Waals surface area contributed by atoms with Crippen molar-refractivity contribution in [3.8, 4) is 0 Å². The zero-order valence-corrected chi connectivity index (χ0v) is 21.5. The second-order valence-corrected chi connectivity index (χ2v) is 9.60. The summed E-state index contributed by atoms with van der Waals surface area (Å²) in [7, 11) is 0.168. The number of aromatic nitrogens is 2. The smallest absolute Gasteiger partial charge is 0.238 e. The van der Waals surface area contributed by atoms with Crippen molar-refractivity contribution in [2.24, 2.45) is 12.2 Å². The van der Waals surface area contributed by atoms with Crippen LogP contribution in [0.1, 0.15) is 16.7 Å². The van der Waals surface area contributed by atoms with E-state index < -0.39 is 10.0 Å². The Morgan fingerprint density at radius 2 is 1.72 bits per heavy atom. The van der Waals surface area contributed by atoms with Crippen LogP contribution >= 0.6 is 0 Å². The zero-order chi connectivity index (χ0) is 26.6. The maximum Gasteiger partial charge on any atom is 0.238 e. The Hall–Kier alpha value is -3.79. The number of carbonyl (C=O) groups excluding carboxylic acids is 1. The summed E-state index contributed by atoms with van der Waals surface area (Å²) in [5.41, 5.74) is 4.34. The van der Waals surface area contributed by atoms with Crippen molar-refractivity contribution in [3.63, 3.8) is 0 Å². The summed E-state index contributed by atoms with van der Waals surface area (Å²) < 4.78 is 23.6. The number of likely N-dealkylation sites (N-methyl/N-ethyl adjacent to an activating group) is 1. The van der Waals surface area contributed by atoms with Gasteiger partial charge < -0.3 is 10.6 Å². The Kier molecular flexibility index (Phi) is 11.0. The summed E-state index contributed by atoms with van der Waals surface area (Å²) in [5, 5.41) is 14.8. The van der Waals surface area contributed by atoms with Crippen LogP contribution in [0.2, 0.25) is 0 Å². The third-order valence-corrected chi connectivity index (χ3v) is 5.91. The first kappa shape index (κ1) is 28.4. The number of hydrogen-bond donors (Lipinski definition) is 3. The van der Waals surface area contributed by atoms with Gasteiger partial charge in [-0.3, -0.25) is 9.48 Å². The summed E-state index contributed by atoms with van der Waals surface area (Å²) in [5.74, 6) is -0.0900. The number of benzene rings is 2. The fraction of sp³-hybridized carbons (Fsp3) is 0.185. The largest absolute Gasteiger partial charge is 0.326 e. The average molecular weight is 508 g/mol. The number of allylic oxidation sites excluding steroid dienone is 3. The summed E-state index contributed by atoms with van der Waals surface area (Å²) in [4.78, 5) is 12.1. The topological polar surface area (TPSA) is 119 Å². The highest BCUT2D eigenvalue weighted by Gasteiger charge is 2.06. The number of rotatable bonds is 10. The molecule has 0 saturated carbocycles. The predicted octanol–water partition coefficient (Wildman–Crippen LogP) is 2.96. The quantitative estimate of drug-likeness (QED) is 0.365. The molecular weight excluding hydrogens is 474 g/mol. The molecule has 3 aromatic rings. The van der Waals surface area contributed by atoms with Crippen LogP contribution in [0.15, 0.2) is 103 Å². The Labute approximate surface area is 213 Å².